The highest BCUT2D eigenvalue weighted by molar-refractivity contribution is 5.75. The van der Waals surface area contributed by atoms with E-state index >= 15 is 0 Å². The van der Waals surface area contributed by atoms with Crippen molar-refractivity contribution in [3.8, 4) is 0 Å². The Hall–Kier alpha value is -0.528. The van der Waals surface area contributed by atoms with Crippen LogP contribution in [0.1, 0.15) is 6.92 Å². The van der Waals surface area contributed by atoms with Gasteiger partial charge in [-0.05, 0) is 0 Å². The Morgan fingerprint density at radius 1 is 1.62 bits per heavy atom. The summed E-state index contributed by atoms with van der Waals surface area (Å²) in [6.07, 6.45) is 0. The second kappa shape index (κ2) is 16.1. The molecule has 0 heterocycles. The van der Waals surface area contributed by atoms with Crippen molar-refractivity contribution in [2.45, 2.75) is 6.92 Å². The summed E-state index contributed by atoms with van der Waals surface area (Å²) in [5.41, 5.74) is 0. The van der Waals surface area contributed by atoms with Crippen molar-refractivity contribution in [3.63, 3.8) is 0 Å². The Balaban J connectivity index is -0.0000000575. The molecule has 0 spiro atoms. The van der Waals surface area contributed by atoms with Crippen molar-refractivity contribution < 1.29 is 19.8 Å². The molecule has 0 unspecified atom stereocenters. The minimum Gasteiger partial charge on any atom is -0.483 e. The molecule has 0 aromatic carbocycles. The molecule has 0 saturated carbocycles. The van der Waals surface area contributed by atoms with Crippen LogP contribution in [-0.2, 0) is 9.59 Å². The SMILES string of the molecule is CC(=O)O.O=CO.[AlH3]. The molecule has 0 aromatic heterocycles. The highest BCUT2D eigenvalue weighted by Gasteiger charge is 1.65. The van der Waals surface area contributed by atoms with Gasteiger partial charge in [0.15, 0.2) is 17.4 Å². The molecule has 0 aliphatic heterocycles. The van der Waals surface area contributed by atoms with Crippen LogP contribution in [-0.4, -0.2) is 40.0 Å². The van der Waals surface area contributed by atoms with E-state index in [4.69, 9.17) is 19.8 Å². The van der Waals surface area contributed by atoms with Crippen LogP contribution in [0.5, 0.6) is 0 Å². The fourth-order valence-corrected chi connectivity index (χ4v) is 0. The Labute approximate surface area is 57.3 Å². The zero-order valence-electron chi connectivity index (χ0n) is 3.79. The summed E-state index contributed by atoms with van der Waals surface area (Å²) in [5.74, 6) is -0.833. The Morgan fingerprint density at radius 2 is 1.62 bits per heavy atom. The topological polar surface area (TPSA) is 74.6 Å². The first-order valence-electron chi connectivity index (χ1n) is 1.42. The predicted molar refractivity (Wildman–Crippen MR) is 31.9 cm³/mol. The molecule has 0 bridgehead atoms. The maximum Gasteiger partial charge on any atom is 0.300 e. The molecule has 2 N–H and O–H groups in total. The van der Waals surface area contributed by atoms with Crippen molar-refractivity contribution in [1.29, 1.82) is 0 Å². The minimum atomic E-state index is -0.833. The van der Waals surface area contributed by atoms with Gasteiger partial charge in [-0.2, -0.15) is 0 Å². The third-order valence-corrected chi connectivity index (χ3v) is 0. The van der Waals surface area contributed by atoms with Crippen LogP contribution < -0.4 is 0 Å². The molecule has 0 saturated heterocycles. The van der Waals surface area contributed by atoms with Gasteiger partial charge in [0.2, 0.25) is 0 Å². The second-order valence-electron chi connectivity index (χ2n) is 0.624. The highest BCUT2D eigenvalue weighted by Crippen LogP contribution is 1.42. The molecule has 0 aliphatic carbocycles. The van der Waals surface area contributed by atoms with Crippen LogP contribution in [0.25, 0.3) is 0 Å². The Bertz CT molecular complexity index is 58.3. The number of aliphatic carboxylic acids is 1. The van der Waals surface area contributed by atoms with Crippen molar-refractivity contribution in [1.82, 2.24) is 0 Å². The second-order valence-corrected chi connectivity index (χ2v) is 0.624. The zero-order valence-corrected chi connectivity index (χ0v) is 3.79. The molecular weight excluding hydrogens is 127 g/mol. The summed E-state index contributed by atoms with van der Waals surface area (Å²) in [6.45, 7) is 0.833. The van der Waals surface area contributed by atoms with Gasteiger partial charge in [-0.25, -0.2) is 0 Å². The van der Waals surface area contributed by atoms with E-state index in [1.165, 1.54) is 0 Å². The van der Waals surface area contributed by atoms with Crippen LogP contribution in [0, 0.1) is 0 Å². The van der Waals surface area contributed by atoms with Crippen molar-refractivity contribution in [3.05, 3.63) is 0 Å². The molecule has 4 nitrogen and oxygen atoms in total. The molecule has 0 rings (SSSR count). The molecule has 5 heteroatoms. The Morgan fingerprint density at radius 3 is 1.62 bits per heavy atom. The number of hydrogen-bond acceptors (Lipinski definition) is 2. The summed E-state index contributed by atoms with van der Waals surface area (Å²) < 4.78 is 0. The molecular formula is C3H9AlO4. The molecule has 0 aromatic rings. The maximum absolute atomic E-state index is 9.00. The van der Waals surface area contributed by atoms with Gasteiger partial charge >= 0.3 is 0 Å². The first-order chi connectivity index (χ1) is 3.15. The average molecular weight is 136 g/mol. The van der Waals surface area contributed by atoms with Gasteiger partial charge in [-0.3, -0.25) is 9.59 Å². The lowest BCUT2D eigenvalue weighted by molar-refractivity contribution is -0.134. The van der Waals surface area contributed by atoms with Crippen LogP contribution in [0.3, 0.4) is 0 Å². The lowest BCUT2D eigenvalue weighted by atomic mass is 10.9. The van der Waals surface area contributed by atoms with Crippen molar-refractivity contribution in [2.24, 2.45) is 0 Å². The van der Waals surface area contributed by atoms with Crippen LogP contribution in [0.15, 0.2) is 0 Å². The molecule has 0 radical (unpaired) electrons. The zero-order chi connectivity index (χ0) is 6.28. The molecule has 8 heavy (non-hydrogen) atoms. The smallest absolute Gasteiger partial charge is 0.300 e. The van der Waals surface area contributed by atoms with Crippen LogP contribution >= 0.6 is 0 Å². The fourth-order valence-electron chi connectivity index (χ4n) is 0. The standard InChI is InChI=1S/C2H4O2.CH2O2.Al.3H/c1-2(3)4;2-1-3;;;;/h1H3,(H,3,4);1H,(H,2,3);;;;. The summed E-state index contributed by atoms with van der Waals surface area (Å²) in [7, 11) is 0. The number of hydrogen-bond donors (Lipinski definition) is 2. The summed E-state index contributed by atoms with van der Waals surface area (Å²) in [5, 5.41) is 14.3. The van der Waals surface area contributed by atoms with E-state index in [1.807, 2.05) is 0 Å². The van der Waals surface area contributed by atoms with E-state index in [9.17, 15) is 0 Å². The largest absolute Gasteiger partial charge is 0.483 e. The van der Waals surface area contributed by atoms with E-state index in [0.29, 0.717) is 0 Å². The quantitative estimate of drug-likeness (QED) is 0.317. The summed E-state index contributed by atoms with van der Waals surface area (Å²) in [6, 6.07) is 0. The van der Waals surface area contributed by atoms with E-state index in [-0.39, 0.29) is 23.8 Å². The van der Waals surface area contributed by atoms with Gasteiger partial charge in [-0.15, -0.1) is 0 Å². The van der Waals surface area contributed by atoms with E-state index in [2.05, 4.69) is 0 Å². The lowest BCUT2D eigenvalue weighted by Crippen LogP contribution is -1.78. The molecule has 0 amide bonds. The third kappa shape index (κ3) is 393. The molecule has 0 fully saturated rings. The number of carboxylic acids is 1. The minimum absolute atomic E-state index is 0. The van der Waals surface area contributed by atoms with E-state index < -0.39 is 5.97 Å². The normalized spacial score (nSPS) is 4.62. The fraction of sp³-hybridized carbons (Fsp3) is 0.333. The molecule has 0 atom stereocenters. The van der Waals surface area contributed by atoms with Crippen LogP contribution in [0.4, 0.5) is 0 Å². The number of rotatable bonds is 0. The van der Waals surface area contributed by atoms with Gasteiger partial charge in [0.25, 0.3) is 12.4 Å². The van der Waals surface area contributed by atoms with Gasteiger partial charge < -0.3 is 10.2 Å². The van der Waals surface area contributed by atoms with E-state index in [0.717, 1.165) is 6.92 Å². The molecule has 48 valence electrons. The average Bonchev–Trinajstić information content (AvgIpc) is 1.33. The number of carboxylic acid groups (broad SMARTS) is 2. The van der Waals surface area contributed by atoms with Crippen molar-refractivity contribution >= 4 is 29.8 Å². The third-order valence-electron chi connectivity index (χ3n) is 0. The summed E-state index contributed by atoms with van der Waals surface area (Å²) in [4.78, 5) is 17.4. The maximum atomic E-state index is 9.00. The van der Waals surface area contributed by atoms with Crippen LogP contribution in [0.2, 0.25) is 0 Å². The van der Waals surface area contributed by atoms with Gasteiger partial charge in [0, 0.05) is 6.92 Å². The number of carbonyl (C=O) groups is 2. The van der Waals surface area contributed by atoms with Gasteiger partial charge in [-0.1, -0.05) is 0 Å². The first kappa shape index (κ1) is 15.6. The Kier molecular flexibility index (Phi) is 31.4. The molecule has 0 aliphatic rings. The lowest BCUT2D eigenvalue weighted by Gasteiger charge is -1.59. The van der Waals surface area contributed by atoms with Gasteiger partial charge in [0.05, 0.1) is 0 Å². The summed E-state index contributed by atoms with van der Waals surface area (Å²) >= 11 is 0. The van der Waals surface area contributed by atoms with Gasteiger partial charge in [0.1, 0.15) is 0 Å². The highest BCUT2D eigenvalue weighted by atomic mass is 27.0. The van der Waals surface area contributed by atoms with Crippen molar-refractivity contribution in [2.75, 3.05) is 0 Å². The predicted octanol–water partition coefficient (Wildman–Crippen LogP) is -1.39. The monoisotopic (exact) mass is 136 g/mol. The first-order valence-corrected chi connectivity index (χ1v) is 1.42. The van der Waals surface area contributed by atoms with E-state index in [1.54, 1.807) is 0 Å².